The van der Waals surface area contributed by atoms with Crippen LogP contribution in [0.25, 0.3) is 0 Å². The predicted molar refractivity (Wildman–Crippen MR) is 88.5 cm³/mol. The molecule has 3 heteroatoms. The first-order chi connectivity index (χ1) is 10.5. The van der Waals surface area contributed by atoms with Crippen LogP contribution in [-0.2, 0) is 0 Å². The highest BCUT2D eigenvalue weighted by Gasteiger charge is 2.43. The normalized spacial score (nSPS) is 34.5. The molecule has 3 nitrogen and oxygen atoms in total. The zero-order valence-electron chi connectivity index (χ0n) is 13.8. The number of hydrogen-bond acceptors (Lipinski definition) is 2. The summed E-state index contributed by atoms with van der Waals surface area (Å²) in [5, 5.41) is 3.17. The molecule has 1 N–H and O–H groups in total. The molecule has 0 aromatic carbocycles. The van der Waals surface area contributed by atoms with Crippen molar-refractivity contribution in [3.63, 3.8) is 0 Å². The largest absolute Gasteiger partial charge is 0.348 e. The minimum atomic E-state index is -0.0490. The van der Waals surface area contributed by atoms with Crippen LogP contribution in [0.5, 0.6) is 0 Å². The van der Waals surface area contributed by atoms with Gasteiger partial charge in [0.2, 0.25) is 0 Å². The van der Waals surface area contributed by atoms with Crippen molar-refractivity contribution < 1.29 is 4.79 Å². The van der Waals surface area contributed by atoms with Crippen LogP contribution >= 0.6 is 0 Å². The molecule has 2 aliphatic rings. The molecule has 0 spiro atoms. The number of carbonyl (C=O) groups excluding carboxylic acids is 1. The van der Waals surface area contributed by atoms with Crippen molar-refractivity contribution in [3.05, 3.63) is 41.7 Å². The maximum atomic E-state index is 12.3. The van der Waals surface area contributed by atoms with Crippen LogP contribution in [0.15, 0.2) is 36.0 Å². The Kier molecular flexibility index (Phi) is 4.07. The molecule has 1 aromatic rings. The van der Waals surface area contributed by atoms with Crippen LogP contribution in [0.2, 0.25) is 0 Å². The zero-order chi connectivity index (χ0) is 15.7. The molecule has 1 heterocycles. The fraction of sp³-hybridized carbons (Fsp3) is 0.579. The number of amides is 1. The van der Waals surface area contributed by atoms with Gasteiger partial charge in [-0.05, 0) is 55.1 Å². The number of pyridine rings is 1. The number of nitrogens with zero attached hydrogens (tertiary/aromatic N) is 1. The summed E-state index contributed by atoms with van der Waals surface area (Å²) in [5.41, 5.74) is 2.38. The summed E-state index contributed by atoms with van der Waals surface area (Å²) in [6.45, 7) is 7.17. The highest BCUT2D eigenvalue weighted by Crippen LogP contribution is 2.52. The molecule has 22 heavy (non-hydrogen) atoms. The van der Waals surface area contributed by atoms with Crippen molar-refractivity contribution in [3.8, 4) is 0 Å². The summed E-state index contributed by atoms with van der Waals surface area (Å²) >= 11 is 0. The van der Waals surface area contributed by atoms with Crippen LogP contribution in [0.3, 0.4) is 0 Å². The van der Waals surface area contributed by atoms with Crippen molar-refractivity contribution in [2.45, 2.75) is 52.5 Å². The molecule has 2 aliphatic carbocycles. The number of carbonyl (C=O) groups is 1. The summed E-state index contributed by atoms with van der Waals surface area (Å²) in [6.07, 6.45) is 8.49. The molecule has 0 saturated heterocycles. The van der Waals surface area contributed by atoms with Gasteiger partial charge >= 0.3 is 0 Å². The van der Waals surface area contributed by atoms with Gasteiger partial charge in [0.1, 0.15) is 5.69 Å². The summed E-state index contributed by atoms with van der Waals surface area (Å²) in [6, 6.07) is 5.70. The first kappa shape index (κ1) is 15.3. The van der Waals surface area contributed by atoms with Crippen LogP contribution in [0.4, 0.5) is 0 Å². The fourth-order valence-corrected chi connectivity index (χ4v) is 4.11. The van der Waals surface area contributed by atoms with Gasteiger partial charge in [-0.1, -0.05) is 38.5 Å². The molecule has 0 radical (unpaired) electrons. The number of fused-ring (bicyclic) bond motifs is 1. The number of rotatable bonds is 2. The van der Waals surface area contributed by atoms with Crippen LogP contribution in [-0.4, -0.2) is 16.9 Å². The van der Waals surface area contributed by atoms with Gasteiger partial charge in [-0.3, -0.25) is 9.78 Å². The third kappa shape index (κ3) is 2.69. The van der Waals surface area contributed by atoms with Crippen LogP contribution in [0, 0.1) is 17.3 Å². The van der Waals surface area contributed by atoms with Gasteiger partial charge in [0.25, 0.3) is 5.91 Å². The standard InChI is InChI=1S/C19H26N2O/c1-13-7-8-15-12-16(9-10-19(15,3)14(13)2)21-18(22)17-6-4-5-11-20-17/h4-6,8,11,13-14,16H,7,9-10,12H2,1-3H3,(H,21,22)/t13?,14?,16-,19+/m0/s1. The monoisotopic (exact) mass is 298 g/mol. The topological polar surface area (TPSA) is 42.0 Å². The van der Waals surface area contributed by atoms with E-state index in [2.05, 4.69) is 37.1 Å². The second kappa shape index (κ2) is 5.86. The Bertz CT molecular complexity index is 580. The Hall–Kier alpha value is -1.64. The van der Waals surface area contributed by atoms with Crippen molar-refractivity contribution in [1.82, 2.24) is 10.3 Å². The van der Waals surface area contributed by atoms with Crippen molar-refractivity contribution in [1.29, 1.82) is 0 Å². The van der Waals surface area contributed by atoms with Gasteiger partial charge in [-0.15, -0.1) is 0 Å². The van der Waals surface area contributed by atoms with E-state index in [-0.39, 0.29) is 11.9 Å². The molecule has 1 fully saturated rings. The SMILES string of the molecule is CC1CC=C2C[C@@H](NC(=O)c3ccccn3)CC[C@]2(C)C1C. The van der Waals surface area contributed by atoms with Gasteiger partial charge < -0.3 is 5.32 Å². The molecule has 1 amide bonds. The van der Waals surface area contributed by atoms with Gasteiger partial charge in [0.15, 0.2) is 0 Å². The maximum absolute atomic E-state index is 12.3. The van der Waals surface area contributed by atoms with E-state index in [0.717, 1.165) is 31.1 Å². The second-order valence-corrected chi connectivity index (χ2v) is 7.28. The Morgan fingerprint density at radius 1 is 1.36 bits per heavy atom. The molecule has 1 aromatic heterocycles. The number of nitrogens with one attached hydrogen (secondary N) is 1. The number of aromatic nitrogens is 1. The van der Waals surface area contributed by atoms with Crippen LogP contribution in [0.1, 0.15) is 56.9 Å². The minimum absolute atomic E-state index is 0.0490. The smallest absolute Gasteiger partial charge is 0.270 e. The molecule has 4 atom stereocenters. The number of hydrogen-bond donors (Lipinski definition) is 1. The van der Waals surface area contributed by atoms with Crippen molar-refractivity contribution >= 4 is 5.91 Å². The van der Waals surface area contributed by atoms with Crippen molar-refractivity contribution in [2.75, 3.05) is 0 Å². The van der Waals surface area contributed by atoms with E-state index in [1.165, 1.54) is 6.42 Å². The van der Waals surface area contributed by atoms with E-state index < -0.39 is 0 Å². The average molecular weight is 298 g/mol. The molecule has 0 aliphatic heterocycles. The first-order valence-electron chi connectivity index (χ1n) is 8.42. The molecular weight excluding hydrogens is 272 g/mol. The van der Waals surface area contributed by atoms with E-state index in [0.29, 0.717) is 11.1 Å². The molecule has 118 valence electrons. The Morgan fingerprint density at radius 3 is 2.91 bits per heavy atom. The van der Waals surface area contributed by atoms with Gasteiger partial charge in [0, 0.05) is 12.2 Å². The molecule has 3 rings (SSSR count). The van der Waals surface area contributed by atoms with E-state index >= 15 is 0 Å². The molecule has 2 unspecified atom stereocenters. The lowest BCUT2D eigenvalue weighted by Crippen LogP contribution is -2.45. The molecule has 1 saturated carbocycles. The molecule has 0 bridgehead atoms. The lowest BCUT2D eigenvalue weighted by molar-refractivity contribution is 0.0879. The van der Waals surface area contributed by atoms with Crippen LogP contribution < -0.4 is 5.32 Å². The van der Waals surface area contributed by atoms with E-state index in [4.69, 9.17) is 0 Å². The van der Waals surface area contributed by atoms with Gasteiger partial charge in [-0.2, -0.15) is 0 Å². The van der Waals surface area contributed by atoms with E-state index in [1.807, 2.05) is 12.1 Å². The number of allylic oxidation sites excluding steroid dienone is 1. The fourth-order valence-electron chi connectivity index (χ4n) is 4.11. The summed E-state index contributed by atoms with van der Waals surface area (Å²) in [5.74, 6) is 1.43. The third-order valence-corrected chi connectivity index (χ3v) is 6.04. The summed E-state index contributed by atoms with van der Waals surface area (Å²) in [4.78, 5) is 16.4. The zero-order valence-corrected chi connectivity index (χ0v) is 13.8. The summed E-state index contributed by atoms with van der Waals surface area (Å²) < 4.78 is 0. The summed E-state index contributed by atoms with van der Waals surface area (Å²) in [7, 11) is 0. The quantitative estimate of drug-likeness (QED) is 0.839. The van der Waals surface area contributed by atoms with Gasteiger partial charge in [-0.25, -0.2) is 0 Å². The Labute approximate surface area is 133 Å². The lowest BCUT2D eigenvalue weighted by atomic mass is 9.57. The third-order valence-electron chi connectivity index (χ3n) is 6.04. The minimum Gasteiger partial charge on any atom is -0.348 e. The lowest BCUT2D eigenvalue weighted by Gasteiger charge is -2.49. The van der Waals surface area contributed by atoms with Gasteiger partial charge in [0.05, 0.1) is 0 Å². The molecular formula is C19H26N2O. The second-order valence-electron chi connectivity index (χ2n) is 7.28. The Morgan fingerprint density at radius 2 is 2.18 bits per heavy atom. The highest BCUT2D eigenvalue weighted by atomic mass is 16.1. The Balaban J connectivity index is 1.69. The van der Waals surface area contributed by atoms with E-state index in [9.17, 15) is 4.79 Å². The maximum Gasteiger partial charge on any atom is 0.270 e. The first-order valence-corrected chi connectivity index (χ1v) is 8.42. The van der Waals surface area contributed by atoms with Crippen molar-refractivity contribution in [2.24, 2.45) is 17.3 Å². The highest BCUT2D eigenvalue weighted by molar-refractivity contribution is 5.92. The predicted octanol–water partition coefficient (Wildman–Crippen LogP) is 3.97. The van der Waals surface area contributed by atoms with E-state index in [1.54, 1.807) is 17.8 Å². The average Bonchev–Trinajstić information content (AvgIpc) is 2.54.